The molecule has 4 heteroatoms. The lowest BCUT2D eigenvalue weighted by molar-refractivity contribution is 0.111. The third-order valence-corrected chi connectivity index (χ3v) is 4.35. The highest BCUT2D eigenvalue weighted by Gasteiger charge is 2.27. The van der Waals surface area contributed by atoms with Crippen LogP contribution >= 0.6 is 0 Å². The quantitative estimate of drug-likeness (QED) is 0.878. The SMILES string of the molecule is CC(c1c(O)cccc1O)N(C)C1CCN(C)CC1. The molecule has 0 saturated carbocycles. The number of rotatable bonds is 3. The van der Waals surface area contributed by atoms with E-state index < -0.39 is 0 Å². The summed E-state index contributed by atoms with van der Waals surface area (Å²) < 4.78 is 0. The second kappa shape index (κ2) is 5.80. The predicted octanol–water partition coefficient (Wildman–Crippen LogP) is 2.18. The smallest absolute Gasteiger partial charge is 0.124 e. The maximum Gasteiger partial charge on any atom is 0.124 e. The molecule has 1 aliphatic heterocycles. The Bertz CT molecular complexity index is 408. The fourth-order valence-electron chi connectivity index (χ4n) is 2.89. The first-order valence-electron chi connectivity index (χ1n) is 6.92. The monoisotopic (exact) mass is 264 g/mol. The number of hydrogen-bond donors (Lipinski definition) is 2. The fourth-order valence-corrected chi connectivity index (χ4v) is 2.89. The summed E-state index contributed by atoms with van der Waals surface area (Å²) in [7, 11) is 4.22. The van der Waals surface area contributed by atoms with E-state index in [0.717, 1.165) is 25.9 Å². The number of phenols is 2. The van der Waals surface area contributed by atoms with Gasteiger partial charge >= 0.3 is 0 Å². The van der Waals surface area contributed by atoms with E-state index in [4.69, 9.17) is 0 Å². The van der Waals surface area contributed by atoms with Crippen molar-refractivity contribution in [1.82, 2.24) is 9.80 Å². The predicted molar refractivity (Wildman–Crippen MR) is 76.5 cm³/mol. The van der Waals surface area contributed by atoms with Gasteiger partial charge in [-0.05, 0) is 59.1 Å². The highest BCUT2D eigenvalue weighted by molar-refractivity contribution is 5.45. The van der Waals surface area contributed by atoms with Crippen molar-refractivity contribution < 1.29 is 10.2 Å². The average molecular weight is 264 g/mol. The van der Waals surface area contributed by atoms with Crippen LogP contribution in [0.4, 0.5) is 0 Å². The Hall–Kier alpha value is -1.26. The van der Waals surface area contributed by atoms with E-state index in [-0.39, 0.29) is 17.5 Å². The third kappa shape index (κ3) is 3.01. The van der Waals surface area contributed by atoms with Gasteiger partial charge in [0, 0.05) is 12.1 Å². The Morgan fingerprint density at radius 2 is 1.74 bits per heavy atom. The Morgan fingerprint density at radius 1 is 1.21 bits per heavy atom. The van der Waals surface area contributed by atoms with Crippen molar-refractivity contribution in [2.75, 3.05) is 27.2 Å². The molecule has 2 rings (SSSR count). The minimum absolute atomic E-state index is 0.00889. The van der Waals surface area contributed by atoms with Gasteiger partial charge in [0.1, 0.15) is 11.5 Å². The van der Waals surface area contributed by atoms with Gasteiger partial charge in [-0.2, -0.15) is 0 Å². The van der Waals surface area contributed by atoms with Crippen LogP contribution in [0.15, 0.2) is 18.2 Å². The van der Waals surface area contributed by atoms with Crippen molar-refractivity contribution in [2.45, 2.75) is 31.8 Å². The molecule has 0 bridgehead atoms. The molecule has 1 heterocycles. The zero-order valence-corrected chi connectivity index (χ0v) is 12.0. The number of nitrogens with zero attached hydrogens (tertiary/aromatic N) is 2. The van der Waals surface area contributed by atoms with Crippen LogP contribution in [-0.2, 0) is 0 Å². The molecule has 0 aromatic heterocycles. The summed E-state index contributed by atoms with van der Waals surface area (Å²) in [6, 6.07) is 5.44. The van der Waals surface area contributed by atoms with Crippen molar-refractivity contribution in [3.63, 3.8) is 0 Å². The average Bonchev–Trinajstić information content (AvgIpc) is 2.38. The lowest BCUT2D eigenvalue weighted by atomic mass is 9.98. The zero-order chi connectivity index (χ0) is 14.0. The molecule has 1 saturated heterocycles. The van der Waals surface area contributed by atoms with E-state index in [1.165, 1.54) is 0 Å². The van der Waals surface area contributed by atoms with Crippen LogP contribution < -0.4 is 0 Å². The normalized spacial score (nSPS) is 19.8. The molecule has 1 atom stereocenters. The largest absolute Gasteiger partial charge is 0.507 e. The number of aromatic hydroxyl groups is 2. The zero-order valence-electron chi connectivity index (χ0n) is 12.0. The van der Waals surface area contributed by atoms with Crippen LogP contribution in [0, 0.1) is 0 Å². The van der Waals surface area contributed by atoms with E-state index in [2.05, 4.69) is 23.9 Å². The van der Waals surface area contributed by atoms with Gasteiger partial charge in [0.05, 0.1) is 5.56 Å². The van der Waals surface area contributed by atoms with Gasteiger partial charge in [0.25, 0.3) is 0 Å². The number of hydrogen-bond acceptors (Lipinski definition) is 4. The Labute approximate surface area is 115 Å². The van der Waals surface area contributed by atoms with Gasteiger partial charge in [0.2, 0.25) is 0 Å². The topological polar surface area (TPSA) is 46.9 Å². The lowest BCUT2D eigenvalue weighted by Gasteiger charge is -2.38. The molecule has 106 valence electrons. The molecule has 0 spiro atoms. The van der Waals surface area contributed by atoms with Gasteiger partial charge in [-0.1, -0.05) is 6.07 Å². The maximum absolute atomic E-state index is 9.96. The van der Waals surface area contributed by atoms with E-state index in [1.54, 1.807) is 18.2 Å². The summed E-state index contributed by atoms with van der Waals surface area (Å²) in [6.07, 6.45) is 2.26. The highest BCUT2D eigenvalue weighted by atomic mass is 16.3. The van der Waals surface area contributed by atoms with Crippen LogP contribution in [0.25, 0.3) is 0 Å². The number of piperidine rings is 1. The first kappa shape index (κ1) is 14.2. The summed E-state index contributed by atoms with van der Waals surface area (Å²) in [5.74, 6) is 0.347. The van der Waals surface area contributed by atoms with Gasteiger partial charge < -0.3 is 15.1 Å². The number of likely N-dealkylation sites (tertiary alicyclic amines) is 1. The summed E-state index contributed by atoms with van der Waals surface area (Å²) in [4.78, 5) is 4.61. The van der Waals surface area contributed by atoms with Crippen LogP contribution in [0.1, 0.15) is 31.4 Å². The Kier molecular flexibility index (Phi) is 4.32. The highest BCUT2D eigenvalue weighted by Crippen LogP contribution is 2.36. The molecule has 1 aromatic carbocycles. The summed E-state index contributed by atoms with van der Waals surface area (Å²) in [6.45, 7) is 4.25. The maximum atomic E-state index is 9.96. The molecule has 2 N–H and O–H groups in total. The minimum Gasteiger partial charge on any atom is -0.507 e. The second-order valence-corrected chi connectivity index (χ2v) is 5.59. The molecule has 1 aliphatic rings. The van der Waals surface area contributed by atoms with Crippen molar-refractivity contribution in [1.29, 1.82) is 0 Å². The molecule has 0 amide bonds. The van der Waals surface area contributed by atoms with Gasteiger partial charge in [-0.3, -0.25) is 4.90 Å². The molecule has 0 radical (unpaired) electrons. The van der Waals surface area contributed by atoms with Crippen LogP contribution in [0.3, 0.4) is 0 Å². The first-order chi connectivity index (χ1) is 9.00. The molecular formula is C15H24N2O2. The number of benzene rings is 1. The van der Waals surface area contributed by atoms with E-state index in [9.17, 15) is 10.2 Å². The standard InChI is InChI=1S/C15H24N2O2/c1-11(15-13(18)5-4-6-14(15)19)17(3)12-7-9-16(2)10-8-12/h4-6,11-12,18-19H,7-10H2,1-3H3. The summed E-state index contributed by atoms with van der Waals surface area (Å²) in [5.41, 5.74) is 0.629. The van der Waals surface area contributed by atoms with Crippen LogP contribution in [0.2, 0.25) is 0 Å². The van der Waals surface area contributed by atoms with Crippen molar-refractivity contribution in [3.8, 4) is 11.5 Å². The molecule has 0 aliphatic carbocycles. The van der Waals surface area contributed by atoms with Gasteiger partial charge in [0.15, 0.2) is 0 Å². The Morgan fingerprint density at radius 3 is 2.26 bits per heavy atom. The molecule has 1 unspecified atom stereocenters. The van der Waals surface area contributed by atoms with Gasteiger partial charge in [-0.25, -0.2) is 0 Å². The second-order valence-electron chi connectivity index (χ2n) is 5.59. The van der Waals surface area contributed by atoms with Crippen molar-refractivity contribution >= 4 is 0 Å². The minimum atomic E-state index is 0.00889. The Balaban J connectivity index is 2.12. The molecule has 1 aromatic rings. The van der Waals surface area contributed by atoms with Crippen LogP contribution in [-0.4, -0.2) is 53.2 Å². The summed E-state index contributed by atoms with van der Waals surface area (Å²) >= 11 is 0. The molecule has 1 fully saturated rings. The molecule has 4 nitrogen and oxygen atoms in total. The van der Waals surface area contributed by atoms with Crippen molar-refractivity contribution in [2.24, 2.45) is 0 Å². The first-order valence-corrected chi connectivity index (χ1v) is 6.92. The third-order valence-electron chi connectivity index (χ3n) is 4.35. The van der Waals surface area contributed by atoms with E-state index >= 15 is 0 Å². The molecule has 19 heavy (non-hydrogen) atoms. The summed E-state index contributed by atoms with van der Waals surface area (Å²) in [5, 5.41) is 19.9. The lowest BCUT2D eigenvalue weighted by Crippen LogP contribution is -2.42. The molecular weight excluding hydrogens is 240 g/mol. The van der Waals surface area contributed by atoms with E-state index in [0.29, 0.717) is 11.6 Å². The van der Waals surface area contributed by atoms with Crippen molar-refractivity contribution in [3.05, 3.63) is 23.8 Å². The fraction of sp³-hybridized carbons (Fsp3) is 0.600. The van der Waals surface area contributed by atoms with E-state index in [1.807, 2.05) is 6.92 Å². The number of phenolic OH excluding ortho intramolecular Hbond substituents is 2. The van der Waals surface area contributed by atoms with Crippen LogP contribution in [0.5, 0.6) is 11.5 Å². The van der Waals surface area contributed by atoms with Gasteiger partial charge in [-0.15, -0.1) is 0 Å².